The largest absolute Gasteiger partial charge is 0.369 e. The van der Waals surface area contributed by atoms with Gasteiger partial charge in [-0.1, -0.05) is 0 Å². The monoisotopic (exact) mass is 530 g/mol. The molecule has 0 spiro atoms. The molecular weight excluding hydrogens is 492 g/mol. The SMILES string of the molecule is Cc1cc(Nc2ncc3c(=O)n(C(C)C)n(-c4ccc(=O)n(C(C)(C)C)c4)c3n2)ccc1N1CCN(C)CC1. The highest BCUT2D eigenvalue weighted by Crippen LogP contribution is 2.27. The number of hydrogen-bond donors (Lipinski definition) is 1. The van der Waals surface area contributed by atoms with Crippen LogP contribution in [0, 0.1) is 6.92 Å². The van der Waals surface area contributed by atoms with Crippen LogP contribution in [0.15, 0.2) is 52.3 Å². The minimum atomic E-state index is -0.422. The third-order valence-electron chi connectivity index (χ3n) is 7.27. The Kier molecular flexibility index (Phi) is 6.84. The van der Waals surface area contributed by atoms with Crippen LogP contribution in [0.3, 0.4) is 0 Å². The summed E-state index contributed by atoms with van der Waals surface area (Å²) in [6.45, 7) is 16.1. The van der Waals surface area contributed by atoms with Gasteiger partial charge >= 0.3 is 0 Å². The minimum Gasteiger partial charge on any atom is -0.369 e. The number of nitrogens with zero attached hydrogens (tertiary/aromatic N) is 7. The molecule has 1 saturated heterocycles. The number of pyridine rings is 1. The van der Waals surface area contributed by atoms with Crippen LogP contribution in [0.5, 0.6) is 0 Å². The van der Waals surface area contributed by atoms with Crippen molar-refractivity contribution in [3.8, 4) is 5.69 Å². The second kappa shape index (κ2) is 10.00. The molecule has 1 aliphatic rings. The molecule has 10 heteroatoms. The van der Waals surface area contributed by atoms with E-state index in [1.165, 1.54) is 17.3 Å². The highest BCUT2D eigenvalue weighted by atomic mass is 16.1. The fraction of sp³-hybridized carbons (Fsp3) is 0.448. The van der Waals surface area contributed by atoms with Crippen LogP contribution in [-0.2, 0) is 5.54 Å². The summed E-state index contributed by atoms with van der Waals surface area (Å²) in [5.74, 6) is 0.396. The van der Waals surface area contributed by atoms with Gasteiger partial charge in [0.15, 0.2) is 5.65 Å². The third-order valence-corrected chi connectivity index (χ3v) is 7.27. The Bertz CT molecular complexity index is 1630. The highest BCUT2D eigenvalue weighted by molar-refractivity contribution is 5.77. The lowest BCUT2D eigenvalue weighted by atomic mass is 10.1. The Morgan fingerprint density at radius 3 is 2.36 bits per heavy atom. The maximum atomic E-state index is 13.4. The number of benzene rings is 1. The smallest absolute Gasteiger partial charge is 0.278 e. The normalized spacial score (nSPS) is 14.9. The zero-order chi connectivity index (χ0) is 28.1. The number of anilines is 3. The van der Waals surface area contributed by atoms with Crippen LogP contribution in [0.1, 0.15) is 46.2 Å². The number of fused-ring (bicyclic) bond motifs is 1. The van der Waals surface area contributed by atoms with Crippen molar-refractivity contribution < 1.29 is 0 Å². The van der Waals surface area contributed by atoms with Crippen molar-refractivity contribution in [1.29, 1.82) is 0 Å². The maximum absolute atomic E-state index is 13.4. The quantitative estimate of drug-likeness (QED) is 0.419. The molecule has 0 atom stereocenters. The summed E-state index contributed by atoms with van der Waals surface area (Å²) in [5, 5.41) is 3.75. The molecule has 0 unspecified atom stereocenters. The average Bonchev–Trinajstić information content (AvgIpc) is 3.16. The second-order valence-corrected chi connectivity index (χ2v) is 11.7. The topological polar surface area (TPSA) is 93.2 Å². The maximum Gasteiger partial charge on any atom is 0.278 e. The van der Waals surface area contributed by atoms with Crippen LogP contribution < -0.4 is 21.3 Å². The lowest BCUT2D eigenvalue weighted by Gasteiger charge is -2.35. The van der Waals surface area contributed by atoms with Gasteiger partial charge in [0.25, 0.3) is 11.1 Å². The van der Waals surface area contributed by atoms with E-state index in [-0.39, 0.29) is 17.2 Å². The summed E-state index contributed by atoms with van der Waals surface area (Å²) in [6, 6.07) is 9.42. The molecule has 1 N–H and O–H groups in total. The van der Waals surface area contributed by atoms with Crippen LogP contribution in [0.25, 0.3) is 16.7 Å². The first-order chi connectivity index (χ1) is 18.4. The van der Waals surface area contributed by atoms with Crippen molar-refractivity contribution in [2.75, 3.05) is 43.4 Å². The van der Waals surface area contributed by atoms with E-state index >= 15 is 0 Å². The minimum absolute atomic E-state index is 0.103. The second-order valence-electron chi connectivity index (χ2n) is 11.7. The Morgan fingerprint density at radius 1 is 1.00 bits per heavy atom. The van der Waals surface area contributed by atoms with Crippen LogP contribution in [-0.4, -0.2) is 62.0 Å². The molecule has 1 fully saturated rings. The predicted octanol–water partition coefficient (Wildman–Crippen LogP) is 3.88. The van der Waals surface area contributed by atoms with E-state index in [9.17, 15) is 9.59 Å². The molecule has 4 heterocycles. The molecule has 206 valence electrons. The summed E-state index contributed by atoms with van der Waals surface area (Å²) >= 11 is 0. The Labute approximate surface area is 228 Å². The van der Waals surface area contributed by atoms with E-state index in [4.69, 9.17) is 4.98 Å². The van der Waals surface area contributed by atoms with Crippen molar-refractivity contribution >= 4 is 28.4 Å². The molecule has 0 bridgehead atoms. The molecule has 4 aromatic rings. The predicted molar refractivity (Wildman–Crippen MR) is 157 cm³/mol. The number of hydrogen-bond acceptors (Lipinski definition) is 7. The first-order valence-electron chi connectivity index (χ1n) is 13.5. The van der Waals surface area contributed by atoms with Crippen LogP contribution >= 0.6 is 0 Å². The number of likely N-dealkylation sites (N-methyl/N-ethyl adjacent to an activating group) is 1. The van der Waals surface area contributed by atoms with E-state index in [1.54, 1.807) is 32.4 Å². The van der Waals surface area contributed by atoms with Crippen LogP contribution in [0.2, 0.25) is 0 Å². The van der Waals surface area contributed by atoms with Gasteiger partial charge in [-0.2, -0.15) is 4.98 Å². The number of rotatable bonds is 5. The first-order valence-corrected chi connectivity index (χ1v) is 13.5. The van der Waals surface area contributed by atoms with Gasteiger partial charge in [-0.25, -0.2) is 14.3 Å². The molecule has 39 heavy (non-hydrogen) atoms. The standard InChI is InChI=1S/C29H38N8O2/c1-19(2)36-27(39)23-17-30-28(31-21-8-10-24(20(3)16-21)34-14-12-33(7)13-15-34)32-26(23)37(36)22-9-11-25(38)35(18-22)29(4,5)6/h8-11,16-19H,12-15H2,1-7H3,(H,30,31,32). The summed E-state index contributed by atoms with van der Waals surface area (Å²) in [7, 11) is 2.16. The number of piperazine rings is 1. The first kappa shape index (κ1) is 26.7. The summed E-state index contributed by atoms with van der Waals surface area (Å²) in [6.07, 6.45) is 3.36. The molecule has 1 aromatic carbocycles. The third kappa shape index (κ3) is 5.08. The fourth-order valence-corrected chi connectivity index (χ4v) is 5.16. The van der Waals surface area contributed by atoms with Gasteiger partial charge < -0.3 is 19.7 Å². The molecule has 10 nitrogen and oxygen atoms in total. The lowest BCUT2D eigenvalue weighted by Crippen LogP contribution is -2.44. The van der Waals surface area contributed by atoms with Gasteiger partial charge in [-0.3, -0.25) is 9.59 Å². The molecule has 0 aliphatic carbocycles. The lowest BCUT2D eigenvalue weighted by molar-refractivity contribution is 0.312. The summed E-state index contributed by atoms with van der Waals surface area (Å²) in [4.78, 5) is 40.0. The number of nitrogens with one attached hydrogen (secondary N) is 1. The summed E-state index contributed by atoms with van der Waals surface area (Å²) in [5.41, 5.74) is 3.76. The molecular formula is C29H38N8O2. The Hall–Kier alpha value is -3.92. The van der Waals surface area contributed by atoms with Gasteiger partial charge in [-0.05, 0) is 78.4 Å². The van der Waals surface area contributed by atoms with Gasteiger partial charge in [-0.15, -0.1) is 0 Å². The van der Waals surface area contributed by atoms with Gasteiger partial charge in [0.1, 0.15) is 5.39 Å². The van der Waals surface area contributed by atoms with Gasteiger partial charge in [0, 0.05) is 67.6 Å². The van der Waals surface area contributed by atoms with Gasteiger partial charge in [0.2, 0.25) is 5.95 Å². The van der Waals surface area contributed by atoms with E-state index in [2.05, 4.69) is 46.2 Å². The van der Waals surface area contributed by atoms with E-state index < -0.39 is 5.54 Å². The van der Waals surface area contributed by atoms with Crippen molar-refractivity contribution in [3.63, 3.8) is 0 Å². The Balaban J connectivity index is 1.55. The van der Waals surface area contributed by atoms with E-state index in [0.717, 1.165) is 31.9 Å². The van der Waals surface area contributed by atoms with Crippen molar-refractivity contribution in [3.05, 3.63) is 69.0 Å². The molecule has 0 radical (unpaired) electrons. The van der Waals surface area contributed by atoms with E-state index in [1.807, 2.05) is 40.7 Å². The van der Waals surface area contributed by atoms with E-state index in [0.29, 0.717) is 22.7 Å². The van der Waals surface area contributed by atoms with Crippen LogP contribution in [0.4, 0.5) is 17.3 Å². The van der Waals surface area contributed by atoms with Crippen molar-refractivity contribution in [2.24, 2.45) is 0 Å². The molecule has 0 amide bonds. The molecule has 1 aliphatic heterocycles. The van der Waals surface area contributed by atoms with Gasteiger partial charge in [0.05, 0.1) is 5.69 Å². The molecule has 0 saturated carbocycles. The molecule has 3 aromatic heterocycles. The zero-order valence-electron chi connectivity index (χ0n) is 23.9. The Morgan fingerprint density at radius 2 is 1.72 bits per heavy atom. The fourth-order valence-electron chi connectivity index (χ4n) is 5.16. The summed E-state index contributed by atoms with van der Waals surface area (Å²) < 4.78 is 5.12. The zero-order valence-corrected chi connectivity index (χ0v) is 23.9. The van der Waals surface area contributed by atoms with Crippen molar-refractivity contribution in [2.45, 2.75) is 53.1 Å². The molecule has 5 rings (SSSR count). The average molecular weight is 531 g/mol. The number of aryl methyl sites for hydroxylation is 1. The number of aromatic nitrogens is 5. The highest BCUT2D eigenvalue weighted by Gasteiger charge is 2.22. The van der Waals surface area contributed by atoms with Crippen molar-refractivity contribution in [1.82, 2.24) is 28.8 Å².